The van der Waals surface area contributed by atoms with Crippen LogP contribution in [0.1, 0.15) is 25.5 Å². The number of anilines is 4. The van der Waals surface area contributed by atoms with Crippen LogP contribution in [0, 0.1) is 6.92 Å². The van der Waals surface area contributed by atoms with Gasteiger partial charge in [-0.15, -0.1) is 0 Å². The maximum Gasteiger partial charge on any atom is 0.175 e. The molecule has 2 aromatic heterocycles. The Hall–Kier alpha value is -2.31. The highest BCUT2D eigenvalue weighted by atomic mass is 16.5. The molecular formula is C12H18N6O. The quantitative estimate of drug-likeness (QED) is 0.686. The molecule has 2 aromatic rings. The van der Waals surface area contributed by atoms with Crippen molar-refractivity contribution in [2.45, 2.75) is 26.7 Å². The van der Waals surface area contributed by atoms with Crippen molar-refractivity contribution in [1.82, 2.24) is 15.1 Å². The number of nitrogens with one attached hydrogen (secondary N) is 2. The van der Waals surface area contributed by atoms with Gasteiger partial charge in [-0.25, -0.2) is 9.97 Å². The van der Waals surface area contributed by atoms with Gasteiger partial charge < -0.3 is 20.9 Å². The van der Waals surface area contributed by atoms with Gasteiger partial charge in [0, 0.05) is 12.6 Å². The third kappa shape index (κ3) is 3.34. The second kappa shape index (κ2) is 6.03. The first-order valence-electron chi connectivity index (χ1n) is 6.25. The van der Waals surface area contributed by atoms with E-state index in [0.717, 1.165) is 25.1 Å². The Bertz CT molecular complexity index is 539. The van der Waals surface area contributed by atoms with E-state index in [0.29, 0.717) is 23.1 Å². The summed E-state index contributed by atoms with van der Waals surface area (Å²) in [5.74, 6) is 2.44. The Morgan fingerprint density at radius 2 is 2.11 bits per heavy atom. The van der Waals surface area contributed by atoms with E-state index < -0.39 is 0 Å². The topological polar surface area (TPSA) is 102 Å². The zero-order valence-electron chi connectivity index (χ0n) is 11.1. The summed E-state index contributed by atoms with van der Waals surface area (Å²) in [5.41, 5.74) is 6.48. The first-order chi connectivity index (χ1) is 9.20. The number of nitrogens with zero attached hydrogens (tertiary/aromatic N) is 3. The third-order valence-electron chi connectivity index (χ3n) is 2.58. The van der Waals surface area contributed by atoms with Crippen LogP contribution < -0.4 is 16.4 Å². The van der Waals surface area contributed by atoms with Gasteiger partial charge in [0.1, 0.15) is 17.8 Å². The molecule has 102 valence electrons. The lowest BCUT2D eigenvalue weighted by atomic mass is 10.3. The van der Waals surface area contributed by atoms with Gasteiger partial charge in [-0.1, -0.05) is 18.5 Å². The van der Waals surface area contributed by atoms with Crippen molar-refractivity contribution in [3.63, 3.8) is 0 Å². The molecule has 0 aliphatic rings. The highest BCUT2D eigenvalue weighted by molar-refractivity contribution is 5.76. The van der Waals surface area contributed by atoms with Crippen LogP contribution >= 0.6 is 0 Å². The van der Waals surface area contributed by atoms with Crippen LogP contribution in [0.15, 0.2) is 16.9 Å². The number of aromatic nitrogens is 3. The molecule has 7 nitrogen and oxygen atoms in total. The molecule has 0 aliphatic carbocycles. The van der Waals surface area contributed by atoms with E-state index in [-0.39, 0.29) is 0 Å². The summed E-state index contributed by atoms with van der Waals surface area (Å²) in [6.45, 7) is 4.78. The van der Waals surface area contributed by atoms with Crippen LogP contribution in [0.2, 0.25) is 0 Å². The molecule has 0 aromatic carbocycles. The minimum absolute atomic E-state index is 0.472. The number of nitrogen functional groups attached to an aromatic ring is 1. The van der Waals surface area contributed by atoms with E-state index in [1.807, 2.05) is 6.92 Å². The number of aryl methyl sites for hydroxylation is 1. The monoisotopic (exact) mass is 262 g/mol. The van der Waals surface area contributed by atoms with Gasteiger partial charge in [-0.2, -0.15) is 0 Å². The molecule has 0 saturated carbocycles. The molecule has 0 fully saturated rings. The van der Waals surface area contributed by atoms with E-state index in [9.17, 15) is 0 Å². The van der Waals surface area contributed by atoms with Crippen molar-refractivity contribution in [3.8, 4) is 0 Å². The summed E-state index contributed by atoms with van der Waals surface area (Å²) in [6.07, 6.45) is 3.63. The van der Waals surface area contributed by atoms with Crippen molar-refractivity contribution in [1.29, 1.82) is 0 Å². The number of nitrogens with two attached hydrogens (primary N) is 1. The molecule has 0 saturated heterocycles. The summed E-state index contributed by atoms with van der Waals surface area (Å²) >= 11 is 0. The van der Waals surface area contributed by atoms with Crippen LogP contribution in [0.25, 0.3) is 0 Å². The molecule has 0 unspecified atom stereocenters. The molecule has 0 aliphatic heterocycles. The van der Waals surface area contributed by atoms with Gasteiger partial charge in [-0.05, 0) is 13.3 Å². The zero-order valence-corrected chi connectivity index (χ0v) is 11.1. The molecule has 0 atom stereocenters. The highest BCUT2D eigenvalue weighted by Gasteiger charge is 2.09. The molecule has 2 rings (SSSR count). The Morgan fingerprint density at radius 1 is 1.32 bits per heavy atom. The smallest absolute Gasteiger partial charge is 0.175 e. The largest absolute Gasteiger partial charge is 0.393 e. The summed E-state index contributed by atoms with van der Waals surface area (Å²) in [4.78, 5) is 8.23. The molecule has 7 heteroatoms. The number of unbranched alkanes of at least 4 members (excludes halogenated alkanes) is 1. The highest BCUT2D eigenvalue weighted by Crippen LogP contribution is 2.25. The maximum absolute atomic E-state index is 6.01. The average molecular weight is 262 g/mol. The Balaban J connectivity index is 2.10. The van der Waals surface area contributed by atoms with Gasteiger partial charge in [-0.3, -0.25) is 0 Å². The SMILES string of the molecule is CCCCNc1ncnc(Nc2cc(C)on2)c1N. The Morgan fingerprint density at radius 3 is 2.79 bits per heavy atom. The van der Waals surface area contributed by atoms with E-state index in [4.69, 9.17) is 10.3 Å². The lowest BCUT2D eigenvalue weighted by molar-refractivity contribution is 0.400. The van der Waals surface area contributed by atoms with Gasteiger partial charge in [0.05, 0.1) is 0 Å². The van der Waals surface area contributed by atoms with E-state index in [2.05, 4.69) is 32.7 Å². The maximum atomic E-state index is 6.01. The number of hydrogen-bond donors (Lipinski definition) is 3. The van der Waals surface area contributed by atoms with Crippen molar-refractivity contribution < 1.29 is 4.52 Å². The predicted molar refractivity (Wildman–Crippen MR) is 74.4 cm³/mol. The van der Waals surface area contributed by atoms with Crippen LogP contribution in [-0.2, 0) is 0 Å². The molecule has 2 heterocycles. The van der Waals surface area contributed by atoms with Crippen LogP contribution in [-0.4, -0.2) is 21.7 Å². The van der Waals surface area contributed by atoms with E-state index in [1.165, 1.54) is 6.33 Å². The van der Waals surface area contributed by atoms with Gasteiger partial charge in [0.15, 0.2) is 17.5 Å². The molecule has 4 N–H and O–H groups in total. The minimum atomic E-state index is 0.472. The lowest BCUT2D eigenvalue weighted by Gasteiger charge is -2.10. The van der Waals surface area contributed by atoms with E-state index in [1.54, 1.807) is 6.07 Å². The third-order valence-corrected chi connectivity index (χ3v) is 2.58. The van der Waals surface area contributed by atoms with E-state index >= 15 is 0 Å². The second-order valence-electron chi connectivity index (χ2n) is 4.21. The molecule has 0 bridgehead atoms. The van der Waals surface area contributed by atoms with Crippen molar-refractivity contribution in [2.24, 2.45) is 0 Å². The first kappa shape index (κ1) is 13.1. The summed E-state index contributed by atoms with van der Waals surface area (Å²) in [6, 6.07) is 1.77. The standard InChI is InChI=1S/C12H18N6O/c1-3-4-5-14-11-10(13)12(16-7-15-11)17-9-6-8(2)19-18-9/h6-7H,3-5,13H2,1-2H3,(H2,14,15,16,17,18). The zero-order chi connectivity index (χ0) is 13.7. The van der Waals surface area contributed by atoms with Gasteiger partial charge in [0.2, 0.25) is 0 Å². The van der Waals surface area contributed by atoms with Gasteiger partial charge >= 0.3 is 0 Å². The summed E-state index contributed by atoms with van der Waals surface area (Å²) < 4.78 is 4.97. The van der Waals surface area contributed by atoms with Crippen LogP contribution in [0.4, 0.5) is 23.1 Å². The van der Waals surface area contributed by atoms with Gasteiger partial charge in [0.25, 0.3) is 0 Å². The summed E-state index contributed by atoms with van der Waals surface area (Å²) in [7, 11) is 0. The van der Waals surface area contributed by atoms with Crippen molar-refractivity contribution in [3.05, 3.63) is 18.2 Å². The lowest BCUT2D eigenvalue weighted by Crippen LogP contribution is -2.09. The Labute approximate surface area is 111 Å². The fourth-order valence-corrected chi connectivity index (χ4v) is 1.57. The molecule has 0 amide bonds. The fraction of sp³-hybridized carbons (Fsp3) is 0.417. The molecule has 0 radical (unpaired) electrons. The normalized spacial score (nSPS) is 10.4. The van der Waals surface area contributed by atoms with Crippen molar-refractivity contribution in [2.75, 3.05) is 22.9 Å². The number of rotatable bonds is 6. The first-order valence-corrected chi connectivity index (χ1v) is 6.25. The predicted octanol–water partition coefficient (Wildman–Crippen LogP) is 2.31. The van der Waals surface area contributed by atoms with Crippen LogP contribution in [0.3, 0.4) is 0 Å². The van der Waals surface area contributed by atoms with Crippen molar-refractivity contribution >= 4 is 23.1 Å². The molecule has 0 spiro atoms. The second-order valence-corrected chi connectivity index (χ2v) is 4.21. The minimum Gasteiger partial charge on any atom is -0.393 e. The number of hydrogen-bond acceptors (Lipinski definition) is 7. The Kier molecular flexibility index (Phi) is 4.17. The summed E-state index contributed by atoms with van der Waals surface area (Å²) in [5, 5.41) is 10.0. The van der Waals surface area contributed by atoms with Crippen LogP contribution in [0.5, 0.6) is 0 Å². The molecular weight excluding hydrogens is 244 g/mol. The molecule has 19 heavy (non-hydrogen) atoms. The fourth-order valence-electron chi connectivity index (χ4n) is 1.57. The average Bonchev–Trinajstić information content (AvgIpc) is 2.80.